The second kappa shape index (κ2) is 10.1. The summed E-state index contributed by atoms with van der Waals surface area (Å²) in [5, 5.41) is 0. The van der Waals surface area contributed by atoms with E-state index >= 15 is 0 Å². The molecule has 6 nitrogen and oxygen atoms in total. The largest absolute Gasteiger partial charge is 0.445 e. The standard InChI is InChI=1S/C29H35N3O3/c1-3-19-35-29(34)32-18-10-13-23-26(21-11-6-5-7-12-21)31(4-2)25-15-14-22(20-24(25)27(23)32)28(33)30-16-8-9-17-30/h3,5-7,11-12,14-15,20,23,26-27H,1,4,8-10,13,16-19H2,2H3/t23-,26?,27-/m0/s1. The fourth-order valence-electron chi connectivity index (χ4n) is 6.29. The van der Waals surface area contributed by atoms with Gasteiger partial charge in [-0.15, -0.1) is 0 Å². The molecule has 3 heterocycles. The first-order chi connectivity index (χ1) is 17.1. The third kappa shape index (κ3) is 4.30. The SMILES string of the molecule is C=CCOC(=O)N1CCC[C@H]2C(c3ccccc3)N(CC)c3ccc(C(=O)N4CCCC4)cc3[C@H]21. The van der Waals surface area contributed by atoms with E-state index < -0.39 is 0 Å². The quantitative estimate of drug-likeness (QED) is 0.532. The van der Waals surface area contributed by atoms with Crippen molar-refractivity contribution in [1.82, 2.24) is 9.80 Å². The average molecular weight is 474 g/mol. The maximum Gasteiger partial charge on any atom is 0.410 e. The lowest BCUT2D eigenvalue weighted by Crippen LogP contribution is -2.51. The molecule has 2 aromatic rings. The van der Waals surface area contributed by atoms with Gasteiger partial charge in [-0.05, 0) is 61.9 Å². The molecule has 0 aromatic heterocycles. The van der Waals surface area contributed by atoms with Crippen molar-refractivity contribution >= 4 is 17.7 Å². The van der Waals surface area contributed by atoms with Crippen molar-refractivity contribution in [2.75, 3.05) is 37.7 Å². The summed E-state index contributed by atoms with van der Waals surface area (Å²) in [6.07, 6.45) is 5.35. The summed E-state index contributed by atoms with van der Waals surface area (Å²) in [5.41, 5.74) is 4.13. The van der Waals surface area contributed by atoms with Crippen LogP contribution in [0.15, 0.2) is 61.2 Å². The van der Waals surface area contributed by atoms with E-state index in [0.29, 0.717) is 12.1 Å². The van der Waals surface area contributed by atoms with Gasteiger partial charge in [0.05, 0.1) is 12.1 Å². The highest BCUT2D eigenvalue weighted by Crippen LogP contribution is 2.53. The fraction of sp³-hybridized carbons (Fsp3) is 0.448. The Kier molecular flexibility index (Phi) is 6.80. The molecule has 2 saturated heterocycles. The maximum atomic E-state index is 13.3. The topological polar surface area (TPSA) is 53.1 Å². The molecule has 0 radical (unpaired) electrons. The molecule has 1 unspecified atom stereocenters. The molecule has 2 aromatic carbocycles. The van der Waals surface area contributed by atoms with Crippen LogP contribution in [0.1, 0.15) is 66.2 Å². The molecule has 6 heteroatoms. The highest BCUT2D eigenvalue weighted by Gasteiger charge is 2.47. The van der Waals surface area contributed by atoms with Gasteiger partial charge in [0.15, 0.2) is 0 Å². The predicted octanol–water partition coefficient (Wildman–Crippen LogP) is 5.58. The summed E-state index contributed by atoms with van der Waals surface area (Å²) in [5.74, 6) is 0.290. The highest BCUT2D eigenvalue weighted by atomic mass is 16.6. The number of fused-ring (bicyclic) bond motifs is 3. The number of hydrogen-bond acceptors (Lipinski definition) is 4. The monoisotopic (exact) mass is 473 g/mol. The van der Waals surface area contributed by atoms with E-state index in [4.69, 9.17) is 4.74 Å². The van der Waals surface area contributed by atoms with Crippen LogP contribution in [0.2, 0.25) is 0 Å². The molecule has 0 bridgehead atoms. The van der Waals surface area contributed by atoms with E-state index in [1.807, 2.05) is 21.9 Å². The minimum absolute atomic E-state index is 0.0895. The summed E-state index contributed by atoms with van der Waals surface area (Å²) >= 11 is 0. The number of ether oxygens (including phenoxy) is 1. The van der Waals surface area contributed by atoms with Crippen molar-refractivity contribution < 1.29 is 14.3 Å². The minimum Gasteiger partial charge on any atom is -0.445 e. The average Bonchev–Trinajstić information content (AvgIpc) is 3.45. The molecular formula is C29H35N3O3. The molecule has 2 fully saturated rings. The molecule has 3 atom stereocenters. The van der Waals surface area contributed by atoms with Crippen molar-refractivity contribution in [3.05, 3.63) is 77.9 Å². The van der Waals surface area contributed by atoms with Gasteiger partial charge in [-0.2, -0.15) is 0 Å². The van der Waals surface area contributed by atoms with Gasteiger partial charge in [0.1, 0.15) is 6.61 Å². The van der Waals surface area contributed by atoms with E-state index in [1.165, 1.54) is 5.56 Å². The van der Waals surface area contributed by atoms with Crippen LogP contribution in [0, 0.1) is 5.92 Å². The molecule has 0 spiro atoms. The lowest BCUT2D eigenvalue weighted by molar-refractivity contribution is 0.0465. The molecule has 184 valence electrons. The summed E-state index contributed by atoms with van der Waals surface area (Å²) in [7, 11) is 0. The number of benzene rings is 2. The van der Waals surface area contributed by atoms with Gasteiger partial charge >= 0.3 is 6.09 Å². The Morgan fingerprint density at radius 1 is 1.03 bits per heavy atom. The Morgan fingerprint density at radius 2 is 1.80 bits per heavy atom. The van der Waals surface area contributed by atoms with Crippen LogP contribution in [-0.4, -0.2) is 54.6 Å². The molecule has 0 aliphatic carbocycles. The number of hydrogen-bond donors (Lipinski definition) is 0. The normalized spacial score (nSPS) is 23.5. The molecule has 3 aliphatic heterocycles. The Morgan fingerprint density at radius 3 is 2.51 bits per heavy atom. The Balaban J connectivity index is 1.62. The van der Waals surface area contributed by atoms with Gasteiger partial charge in [-0.25, -0.2) is 4.79 Å². The van der Waals surface area contributed by atoms with Crippen LogP contribution < -0.4 is 4.90 Å². The summed E-state index contributed by atoms with van der Waals surface area (Å²) in [4.78, 5) is 32.8. The van der Waals surface area contributed by atoms with Crippen molar-refractivity contribution in [2.45, 2.75) is 44.7 Å². The van der Waals surface area contributed by atoms with Crippen LogP contribution in [-0.2, 0) is 4.74 Å². The van der Waals surface area contributed by atoms with Gasteiger partial charge in [0, 0.05) is 43.3 Å². The van der Waals surface area contributed by atoms with Crippen LogP contribution in [0.4, 0.5) is 10.5 Å². The summed E-state index contributed by atoms with van der Waals surface area (Å²) in [6, 6.07) is 16.7. The second-order valence-corrected chi connectivity index (χ2v) is 9.72. The molecule has 2 amide bonds. The molecule has 0 N–H and O–H groups in total. The van der Waals surface area contributed by atoms with Crippen molar-refractivity contribution in [3.8, 4) is 0 Å². The lowest BCUT2D eigenvalue weighted by Gasteiger charge is -2.52. The van der Waals surface area contributed by atoms with Crippen molar-refractivity contribution in [3.63, 3.8) is 0 Å². The summed E-state index contributed by atoms with van der Waals surface area (Å²) in [6.45, 7) is 9.19. The fourth-order valence-corrected chi connectivity index (χ4v) is 6.29. The number of carbonyl (C=O) groups is 2. The predicted molar refractivity (Wildman–Crippen MR) is 137 cm³/mol. The Labute approximate surface area is 208 Å². The number of nitrogens with zero attached hydrogens (tertiary/aromatic N) is 3. The first-order valence-electron chi connectivity index (χ1n) is 12.9. The Hall–Kier alpha value is -3.28. The maximum absolute atomic E-state index is 13.3. The van der Waals surface area contributed by atoms with Gasteiger partial charge in [-0.1, -0.05) is 43.0 Å². The zero-order valence-corrected chi connectivity index (χ0v) is 20.6. The number of amides is 2. The minimum atomic E-state index is -0.307. The number of carbonyl (C=O) groups excluding carboxylic acids is 2. The van der Waals surface area contributed by atoms with Crippen LogP contribution >= 0.6 is 0 Å². The molecular weight excluding hydrogens is 438 g/mol. The van der Waals surface area contributed by atoms with E-state index in [-0.39, 0.29) is 36.6 Å². The summed E-state index contributed by atoms with van der Waals surface area (Å²) < 4.78 is 5.53. The van der Waals surface area contributed by atoms with Crippen molar-refractivity contribution in [1.29, 1.82) is 0 Å². The van der Waals surface area contributed by atoms with Crippen molar-refractivity contribution in [2.24, 2.45) is 5.92 Å². The van der Waals surface area contributed by atoms with E-state index in [1.54, 1.807) is 6.08 Å². The van der Waals surface area contributed by atoms with Crippen LogP contribution in [0.3, 0.4) is 0 Å². The molecule has 35 heavy (non-hydrogen) atoms. The van der Waals surface area contributed by atoms with Gasteiger partial charge < -0.3 is 19.4 Å². The van der Waals surface area contributed by atoms with E-state index in [0.717, 1.165) is 56.6 Å². The first kappa shape index (κ1) is 23.5. The third-order valence-corrected chi connectivity index (χ3v) is 7.76. The third-order valence-electron chi connectivity index (χ3n) is 7.76. The van der Waals surface area contributed by atoms with E-state index in [2.05, 4.69) is 54.8 Å². The number of anilines is 1. The first-order valence-corrected chi connectivity index (χ1v) is 12.9. The molecule has 5 rings (SSSR count). The second-order valence-electron chi connectivity index (χ2n) is 9.72. The zero-order valence-electron chi connectivity index (χ0n) is 20.6. The van der Waals surface area contributed by atoms with Gasteiger partial charge in [-0.3, -0.25) is 4.79 Å². The number of rotatable bonds is 5. The highest BCUT2D eigenvalue weighted by molar-refractivity contribution is 5.95. The number of likely N-dealkylation sites (tertiary alicyclic amines) is 2. The van der Waals surface area contributed by atoms with Crippen LogP contribution in [0.5, 0.6) is 0 Å². The van der Waals surface area contributed by atoms with E-state index in [9.17, 15) is 9.59 Å². The smallest absolute Gasteiger partial charge is 0.410 e. The lowest BCUT2D eigenvalue weighted by atomic mass is 9.73. The molecule has 0 saturated carbocycles. The molecule has 3 aliphatic rings. The van der Waals surface area contributed by atoms with Gasteiger partial charge in [0.25, 0.3) is 5.91 Å². The zero-order chi connectivity index (χ0) is 24.4. The number of piperidine rings is 1. The van der Waals surface area contributed by atoms with Gasteiger partial charge in [0.2, 0.25) is 0 Å². The van der Waals surface area contributed by atoms with Crippen LogP contribution in [0.25, 0.3) is 0 Å². The Bertz CT molecular complexity index is 1080.